The molecule has 20 heavy (non-hydrogen) atoms. The highest BCUT2D eigenvalue weighted by Gasteiger charge is 2.21. The smallest absolute Gasteiger partial charge is 0.410 e. The molecule has 2 rings (SSSR count). The minimum atomic E-state index is -0.195. The summed E-state index contributed by atoms with van der Waals surface area (Å²) in [5.41, 5.74) is 1.03. The van der Waals surface area contributed by atoms with Gasteiger partial charge in [-0.05, 0) is 25.8 Å². The van der Waals surface area contributed by atoms with E-state index in [9.17, 15) is 4.79 Å². The van der Waals surface area contributed by atoms with Crippen LogP contribution in [0.1, 0.15) is 25.8 Å². The summed E-state index contributed by atoms with van der Waals surface area (Å²) in [5, 5.41) is 0. The van der Waals surface area contributed by atoms with Gasteiger partial charge in [0, 0.05) is 32.2 Å². The molecule has 1 heterocycles. The van der Waals surface area contributed by atoms with Crippen LogP contribution in [0.5, 0.6) is 0 Å². The minimum absolute atomic E-state index is 0.195. The molecule has 0 aromatic heterocycles. The molecular weight excluding hydrogens is 252 g/mol. The van der Waals surface area contributed by atoms with Crippen molar-refractivity contribution in [3.8, 4) is 0 Å². The van der Waals surface area contributed by atoms with Crippen molar-refractivity contribution in [2.45, 2.75) is 32.9 Å². The van der Waals surface area contributed by atoms with E-state index in [0.29, 0.717) is 12.6 Å². The second kappa shape index (κ2) is 7.29. The number of hydrogen-bond donors (Lipinski definition) is 0. The average molecular weight is 276 g/mol. The first kappa shape index (κ1) is 14.9. The van der Waals surface area contributed by atoms with Crippen molar-refractivity contribution in [2.24, 2.45) is 0 Å². The molecule has 0 spiro atoms. The van der Waals surface area contributed by atoms with E-state index in [-0.39, 0.29) is 6.09 Å². The second-order valence-electron chi connectivity index (χ2n) is 5.51. The number of benzene rings is 1. The maximum atomic E-state index is 12.1. The fourth-order valence-electron chi connectivity index (χ4n) is 2.45. The topological polar surface area (TPSA) is 32.8 Å². The van der Waals surface area contributed by atoms with E-state index in [1.165, 1.54) is 0 Å². The summed E-state index contributed by atoms with van der Waals surface area (Å²) in [6.45, 7) is 8.28. The van der Waals surface area contributed by atoms with Gasteiger partial charge in [0.2, 0.25) is 0 Å². The fourth-order valence-corrected chi connectivity index (χ4v) is 2.45. The highest BCUT2D eigenvalue weighted by molar-refractivity contribution is 5.67. The Labute approximate surface area is 121 Å². The van der Waals surface area contributed by atoms with E-state index in [4.69, 9.17) is 4.74 Å². The number of ether oxygens (including phenoxy) is 1. The van der Waals surface area contributed by atoms with Gasteiger partial charge in [0.1, 0.15) is 6.61 Å². The maximum absolute atomic E-state index is 12.1. The van der Waals surface area contributed by atoms with Crippen LogP contribution in [0.4, 0.5) is 4.79 Å². The van der Waals surface area contributed by atoms with Crippen molar-refractivity contribution in [1.82, 2.24) is 9.80 Å². The Morgan fingerprint density at radius 3 is 2.60 bits per heavy atom. The molecule has 0 N–H and O–H groups in total. The van der Waals surface area contributed by atoms with Gasteiger partial charge in [0.15, 0.2) is 0 Å². The van der Waals surface area contributed by atoms with Gasteiger partial charge in [0.05, 0.1) is 0 Å². The fraction of sp³-hybridized carbons (Fsp3) is 0.562. The standard InChI is InChI=1S/C16H24N2O2/c1-14(2)17-9-6-10-18(12-11-17)16(19)20-13-15-7-4-3-5-8-15/h3-5,7-8,14H,6,9-13H2,1-2H3. The summed E-state index contributed by atoms with van der Waals surface area (Å²) in [4.78, 5) is 16.3. The molecule has 0 bridgehead atoms. The van der Waals surface area contributed by atoms with E-state index in [2.05, 4.69) is 18.7 Å². The van der Waals surface area contributed by atoms with Crippen molar-refractivity contribution in [1.29, 1.82) is 0 Å². The Kier molecular flexibility index (Phi) is 5.41. The number of nitrogens with zero attached hydrogens (tertiary/aromatic N) is 2. The number of rotatable bonds is 3. The molecule has 0 aliphatic carbocycles. The van der Waals surface area contributed by atoms with Gasteiger partial charge in [-0.2, -0.15) is 0 Å². The molecule has 1 saturated heterocycles. The third kappa shape index (κ3) is 4.23. The normalized spacial score (nSPS) is 17.1. The largest absolute Gasteiger partial charge is 0.445 e. The first-order chi connectivity index (χ1) is 9.66. The highest BCUT2D eigenvalue weighted by Crippen LogP contribution is 2.09. The lowest BCUT2D eigenvalue weighted by Crippen LogP contribution is -2.37. The molecule has 0 unspecified atom stereocenters. The number of carbonyl (C=O) groups excluding carboxylic acids is 1. The van der Waals surface area contributed by atoms with Gasteiger partial charge in [-0.1, -0.05) is 30.3 Å². The summed E-state index contributed by atoms with van der Waals surface area (Å²) in [6, 6.07) is 10.3. The second-order valence-corrected chi connectivity index (χ2v) is 5.51. The molecule has 0 atom stereocenters. The van der Waals surface area contributed by atoms with Crippen LogP contribution in [0.2, 0.25) is 0 Å². The Morgan fingerprint density at radius 1 is 1.15 bits per heavy atom. The van der Waals surface area contributed by atoms with Crippen LogP contribution in [0.25, 0.3) is 0 Å². The van der Waals surface area contributed by atoms with Crippen molar-refractivity contribution in [2.75, 3.05) is 26.2 Å². The molecule has 1 aliphatic heterocycles. The lowest BCUT2D eigenvalue weighted by molar-refractivity contribution is 0.0967. The molecule has 4 nitrogen and oxygen atoms in total. The summed E-state index contributed by atoms with van der Waals surface area (Å²) in [7, 11) is 0. The zero-order valence-electron chi connectivity index (χ0n) is 12.4. The van der Waals surface area contributed by atoms with Crippen LogP contribution in [0.15, 0.2) is 30.3 Å². The monoisotopic (exact) mass is 276 g/mol. The van der Waals surface area contributed by atoms with E-state index in [0.717, 1.165) is 38.2 Å². The van der Waals surface area contributed by atoms with Crippen molar-refractivity contribution < 1.29 is 9.53 Å². The third-order valence-corrected chi connectivity index (χ3v) is 3.72. The molecule has 1 aromatic rings. The zero-order chi connectivity index (χ0) is 14.4. The number of amides is 1. The lowest BCUT2D eigenvalue weighted by atomic mass is 10.2. The molecule has 1 fully saturated rings. The average Bonchev–Trinajstić information content (AvgIpc) is 2.72. The maximum Gasteiger partial charge on any atom is 0.410 e. The SMILES string of the molecule is CC(C)N1CCCN(C(=O)OCc2ccccc2)CC1. The van der Waals surface area contributed by atoms with Crippen LogP contribution in [0.3, 0.4) is 0 Å². The van der Waals surface area contributed by atoms with Gasteiger partial charge < -0.3 is 9.64 Å². The minimum Gasteiger partial charge on any atom is -0.445 e. The number of hydrogen-bond acceptors (Lipinski definition) is 3. The van der Waals surface area contributed by atoms with Gasteiger partial charge in [-0.3, -0.25) is 4.90 Å². The predicted octanol–water partition coefficient (Wildman–Crippen LogP) is 2.74. The zero-order valence-corrected chi connectivity index (χ0v) is 12.4. The summed E-state index contributed by atoms with van der Waals surface area (Å²) in [6.07, 6.45) is 0.818. The number of carbonyl (C=O) groups is 1. The van der Waals surface area contributed by atoms with E-state index in [1.54, 1.807) is 0 Å². The van der Waals surface area contributed by atoms with Crippen LogP contribution >= 0.6 is 0 Å². The Balaban J connectivity index is 1.80. The van der Waals surface area contributed by atoms with Crippen LogP contribution in [-0.2, 0) is 11.3 Å². The third-order valence-electron chi connectivity index (χ3n) is 3.72. The first-order valence-electron chi connectivity index (χ1n) is 7.36. The summed E-state index contributed by atoms with van der Waals surface area (Å²) >= 11 is 0. The highest BCUT2D eigenvalue weighted by atomic mass is 16.6. The molecule has 1 amide bonds. The van der Waals surface area contributed by atoms with Crippen molar-refractivity contribution >= 4 is 6.09 Å². The Bertz CT molecular complexity index is 420. The predicted molar refractivity (Wildman–Crippen MR) is 79.5 cm³/mol. The van der Waals surface area contributed by atoms with Gasteiger partial charge >= 0.3 is 6.09 Å². The van der Waals surface area contributed by atoms with E-state index < -0.39 is 0 Å². The molecule has 1 aliphatic rings. The van der Waals surface area contributed by atoms with Gasteiger partial charge in [-0.25, -0.2) is 4.79 Å². The molecule has 4 heteroatoms. The summed E-state index contributed by atoms with van der Waals surface area (Å²) in [5.74, 6) is 0. The first-order valence-corrected chi connectivity index (χ1v) is 7.36. The molecular formula is C16H24N2O2. The van der Waals surface area contributed by atoms with Crippen molar-refractivity contribution in [3.05, 3.63) is 35.9 Å². The lowest BCUT2D eigenvalue weighted by Gasteiger charge is -2.24. The van der Waals surface area contributed by atoms with Gasteiger partial charge in [0.25, 0.3) is 0 Å². The summed E-state index contributed by atoms with van der Waals surface area (Å²) < 4.78 is 5.39. The van der Waals surface area contributed by atoms with Crippen molar-refractivity contribution in [3.63, 3.8) is 0 Å². The van der Waals surface area contributed by atoms with Gasteiger partial charge in [-0.15, -0.1) is 0 Å². The molecule has 110 valence electrons. The molecule has 1 aromatic carbocycles. The Hall–Kier alpha value is -1.55. The quantitative estimate of drug-likeness (QED) is 0.851. The Morgan fingerprint density at radius 2 is 1.90 bits per heavy atom. The van der Waals surface area contributed by atoms with Crippen LogP contribution in [-0.4, -0.2) is 48.1 Å². The van der Waals surface area contributed by atoms with E-state index >= 15 is 0 Å². The van der Waals surface area contributed by atoms with Crippen LogP contribution < -0.4 is 0 Å². The van der Waals surface area contributed by atoms with Crippen LogP contribution in [0, 0.1) is 0 Å². The molecule has 0 radical (unpaired) electrons. The van der Waals surface area contributed by atoms with E-state index in [1.807, 2.05) is 35.2 Å². The molecule has 0 saturated carbocycles.